The molecule has 0 unspecified atom stereocenters. The number of aromatic nitrogens is 2. The van der Waals surface area contributed by atoms with Gasteiger partial charge in [0.15, 0.2) is 10.9 Å². The maximum atomic E-state index is 11.2. The Morgan fingerprint density at radius 3 is 3.00 bits per heavy atom. The highest BCUT2D eigenvalue weighted by atomic mass is 32.2. The first-order valence-corrected chi connectivity index (χ1v) is 5.08. The zero-order valence-corrected chi connectivity index (χ0v) is 8.13. The number of fused-ring (bicyclic) bond motifs is 1. The normalized spacial score (nSPS) is 14.9. The minimum Gasteiger partial charge on any atom is -0.388 e. The largest absolute Gasteiger partial charge is 0.388 e. The van der Waals surface area contributed by atoms with E-state index in [1.165, 1.54) is 18.0 Å². The molecule has 0 saturated carbocycles. The molecular weight excluding hydrogens is 204 g/mol. The van der Waals surface area contributed by atoms with Gasteiger partial charge in [0.1, 0.15) is 0 Å². The van der Waals surface area contributed by atoms with Crippen LogP contribution in [0.2, 0.25) is 0 Å². The molecule has 5 nitrogen and oxygen atoms in total. The highest BCUT2D eigenvalue weighted by Gasteiger charge is 2.26. The molecule has 0 saturated heterocycles. The number of esters is 2. The van der Waals surface area contributed by atoms with Crippen LogP contribution < -0.4 is 0 Å². The molecular formula is C8H6N2O3S. The van der Waals surface area contributed by atoms with Gasteiger partial charge < -0.3 is 4.74 Å². The first-order chi connectivity index (χ1) is 6.70. The lowest BCUT2D eigenvalue weighted by molar-refractivity contribution is -0.137. The van der Waals surface area contributed by atoms with Crippen LogP contribution in [-0.2, 0) is 16.0 Å². The van der Waals surface area contributed by atoms with Gasteiger partial charge in [0.25, 0.3) is 0 Å². The number of hydrogen-bond donors (Lipinski definition) is 0. The fourth-order valence-corrected chi connectivity index (χ4v) is 1.48. The van der Waals surface area contributed by atoms with Crippen molar-refractivity contribution in [2.45, 2.75) is 11.6 Å². The number of carbonyl (C=O) groups is 2. The molecule has 1 aromatic heterocycles. The molecule has 0 bridgehead atoms. The van der Waals surface area contributed by atoms with E-state index in [9.17, 15) is 9.59 Å². The van der Waals surface area contributed by atoms with E-state index >= 15 is 0 Å². The molecule has 0 atom stereocenters. The highest BCUT2D eigenvalue weighted by molar-refractivity contribution is 7.98. The summed E-state index contributed by atoms with van der Waals surface area (Å²) in [6.07, 6.45) is 3.36. The van der Waals surface area contributed by atoms with Gasteiger partial charge in [0.05, 0.1) is 6.42 Å². The monoisotopic (exact) mass is 210 g/mol. The zero-order valence-electron chi connectivity index (χ0n) is 7.31. The van der Waals surface area contributed by atoms with Crippen LogP contribution in [0.1, 0.15) is 16.1 Å². The standard InChI is InChI=1S/C8H6N2O3S/c1-14-8-9-3-4-2-5(11)13-7(12)6(4)10-8/h3H,2H2,1H3. The molecule has 14 heavy (non-hydrogen) atoms. The van der Waals surface area contributed by atoms with E-state index < -0.39 is 11.9 Å². The van der Waals surface area contributed by atoms with Crippen molar-refractivity contribution in [2.75, 3.05) is 6.26 Å². The predicted octanol–water partition coefficient (Wildman–Crippen LogP) is 0.438. The molecule has 0 N–H and O–H groups in total. The summed E-state index contributed by atoms with van der Waals surface area (Å²) in [6, 6.07) is 0. The summed E-state index contributed by atoms with van der Waals surface area (Å²) < 4.78 is 4.43. The minimum atomic E-state index is -0.686. The summed E-state index contributed by atoms with van der Waals surface area (Å²) in [7, 11) is 0. The molecule has 2 heterocycles. The first kappa shape index (κ1) is 9.14. The number of rotatable bonds is 1. The smallest absolute Gasteiger partial charge is 0.365 e. The van der Waals surface area contributed by atoms with E-state index in [0.29, 0.717) is 10.7 Å². The van der Waals surface area contributed by atoms with E-state index in [4.69, 9.17) is 0 Å². The van der Waals surface area contributed by atoms with Crippen LogP contribution in [0.25, 0.3) is 0 Å². The SMILES string of the molecule is CSc1ncc2c(n1)C(=O)OC(=O)C2. The van der Waals surface area contributed by atoms with E-state index in [2.05, 4.69) is 14.7 Å². The van der Waals surface area contributed by atoms with Crippen LogP contribution >= 0.6 is 11.8 Å². The zero-order chi connectivity index (χ0) is 10.1. The maximum Gasteiger partial charge on any atom is 0.365 e. The highest BCUT2D eigenvalue weighted by Crippen LogP contribution is 2.17. The van der Waals surface area contributed by atoms with Crippen molar-refractivity contribution in [1.82, 2.24) is 9.97 Å². The fraction of sp³-hybridized carbons (Fsp3) is 0.250. The van der Waals surface area contributed by atoms with Gasteiger partial charge >= 0.3 is 11.9 Å². The number of cyclic esters (lactones) is 2. The molecule has 1 aliphatic heterocycles. The number of hydrogen-bond acceptors (Lipinski definition) is 6. The Hall–Kier alpha value is -1.43. The summed E-state index contributed by atoms with van der Waals surface area (Å²) in [5, 5.41) is 0.495. The van der Waals surface area contributed by atoms with Crippen molar-refractivity contribution in [3.8, 4) is 0 Å². The number of ether oxygens (including phenoxy) is 1. The van der Waals surface area contributed by atoms with Gasteiger partial charge in [-0.2, -0.15) is 0 Å². The van der Waals surface area contributed by atoms with Crippen molar-refractivity contribution in [2.24, 2.45) is 0 Å². The molecule has 0 aliphatic carbocycles. The fourth-order valence-electron chi connectivity index (χ4n) is 1.14. The topological polar surface area (TPSA) is 69.2 Å². The lowest BCUT2D eigenvalue weighted by Crippen LogP contribution is -2.24. The van der Waals surface area contributed by atoms with Crippen molar-refractivity contribution in [1.29, 1.82) is 0 Å². The summed E-state index contributed by atoms with van der Waals surface area (Å²) in [6.45, 7) is 0. The van der Waals surface area contributed by atoms with Crippen LogP contribution in [-0.4, -0.2) is 28.2 Å². The molecule has 1 aromatic rings. The van der Waals surface area contributed by atoms with Gasteiger partial charge in [0.2, 0.25) is 0 Å². The number of carbonyl (C=O) groups excluding carboxylic acids is 2. The molecule has 0 amide bonds. The molecule has 0 aromatic carbocycles. The second-order valence-electron chi connectivity index (χ2n) is 2.67. The molecule has 72 valence electrons. The van der Waals surface area contributed by atoms with Crippen LogP contribution in [0.5, 0.6) is 0 Å². The third kappa shape index (κ3) is 1.48. The van der Waals surface area contributed by atoms with Crippen molar-refractivity contribution in [3.63, 3.8) is 0 Å². The van der Waals surface area contributed by atoms with E-state index in [-0.39, 0.29) is 12.1 Å². The third-order valence-corrected chi connectivity index (χ3v) is 2.32. The van der Waals surface area contributed by atoms with Crippen LogP contribution in [0, 0.1) is 0 Å². The molecule has 0 fully saturated rings. The van der Waals surface area contributed by atoms with E-state index in [1.54, 1.807) is 6.26 Å². The van der Waals surface area contributed by atoms with Crippen molar-refractivity contribution in [3.05, 3.63) is 17.5 Å². The predicted molar refractivity (Wildman–Crippen MR) is 47.9 cm³/mol. The Labute approximate surface area is 83.9 Å². The van der Waals surface area contributed by atoms with Crippen LogP contribution in [0.15, 0.2) is 11.4 Å². The average Bonchev–Trinajstić information content (AvgIpc) is 2.17. The molecule has 6 heteroatoms. The quantitative estimate of drug-likeness (QED) is 0.290. The minimum absolute atomic E-state index is 0.0652. The lowest BCUT2D eigenvalue weighted by Gasteiger charge is -2.12. The summed E-state index contributed by atoms with van der Waals surface area (Å²) in [5.74, 6) is -1.24. The van der Waals surface area contributed by atoms with Crippen LogP contribution in [0.4, 0.5) is 0 Å². The van der Waals surface area contributed by atoms with Gasteiger partial charge in [-0.15, -0.1) is 0 Å². The number of nitrogens with zero attached hydrogens (tertiary/aromatic N) is 2. The van der Waals surface area contributed by atoms with E-state index in [1.807, 2.05) is 0 Å². The number of thioether (sulfide) groups is 1. The maximum absolute atomic E-state index is 11.2. The van der Waals surface area contributed by atoms with Crippen LogP contribution in [0.3, 0.4) is 0 Å². The second kappa shape index (κ2) is 3.38. The Balaban J connectivity index is 2.49. The Kier molecular flexibility index (Phi) is 2.20. The average molecular weight is 210 g/mol. The summed E-state index contributed by atoms with van der Waals surface area (Å²) >= 11 is 1.33. The Bertz CT molecular complexity index is 419. The van der Waals surface area contributed by atoms with Gasteiger partial charge in [0, 0.05) is 11.8 Å². The van der Waals surface area contributed by atoms with Gasteiger partial charge in [-0.25, -0.2) is 14.8 Å². The van der Waals surface area contributed by atoms with Gasteiger partial charge in [-0.3, -0.25) is 4.79 Å². The molecule has 1 aliphatic rings. The summed E-state index contributed by atoms with van der Waals surface area (Å²) in [5.41, 5.74) is 0.730. The first-order valence-electron chi connectivity index (χ1n) is 3.85. The van der Waals surface area contributed by atoms with Gasteiger partial charge in [-0.05, 0) is 6.26 Å². The van der Waals surface area contributed by atoms with Crippen molar-refractivity contribution >= 4 is 23.7 Å². The van der Waals surface area contributed by atoms with Gasteiger partial charge in [-0.1, -0.05) is 11.8 Å². The second-order valence-corrected chi connectivity index (χ2v) is 3.44. The van der Waals surface area contributed by atoms with E-state index in [0.717, 1.165) is 0 Å². The molecule has 0 spiro atoms. The molecule has 0 radical (unpaired) electrons. The molecule has 2 rings (SSSR count). The lowest BCUT2D eigenvalue weighted by atomic mass is 10.1. The Morgan fingerprint density at radius 2 is 2.29 bits per heavy atom. The summed E-state index contributed by atoms with van der Waals surface area (Å²) in [4.78, 5) is 30.1. The Morgan fingerprint density at radius 1 is 1.50 bits per heavy atom. The van der Waals surface area contributed by atoms with Crippen molar-refractivity contribution < 1.29 is 14.3 Å². The third-order valence-electron chi connectivity index (χ3n) is 1.76.